The quantitative estimate of drug-likeness (QED) is 0.729. The summed E-state index contributed by atoms with van der Waals surface area (Å²) in [6.07, 6.45) is 8.00. The van der Waals surface area contributed by atoms with Gasteiger partial charge in [-0.15, -0.1) is 0 Å². The Hall–Kier alpha value is -2.80. The van der Waals surface area contributed by atoms with E-state index in [1.54, 1.807) is 12.3 Å². The molecule has 0 unspecified atom stereocenters. The van der Waals surface area contributed by atoms with Crippen molar-refractivity contribution in [3.05, 3.63) is 65.7 Å². The molecule has 2 aromatic heterocycles. The van der Waals surface area contributed by atoms with Crippen molar-refractivity contribution < 1.29 is 4.79 Å². The fourth-order valence-electron chi connectivity index (χ4n) is 1.87. The van der Waals surface area contributed by atoms with Gasteiger partial charge < -0.3 is 10.3 Å². The zero-order valence-corrected chi connectivity index (χ0v) is 11.7. The molecular weight excluding hydrogens is 286 g/mol. The van der Waals surface area contributed by atoms with E-state index in [1.165, 1.54) is 18.6 Å². The molecule has 0 aliphatic rings. The summed E-state index contributed by atoms with van der Waals surface area (Å²) >= 11 is 5.18. The summed E-state index contributed by atoms with van der Waals surface area (Å²) in [6.45, 7) is 0. The molecule has 0 aliphatic carbocycles. The lowest BCUT2D eigenvalue weighted by Gasteiger charge is -2.07. The van der Waals surface area contributed by atoms with Crippen LogP contribution in [-0.2, 0) is 0 Å². The second-order valence-electron chi connectivity index (χ2n) is 4.23. The van der Waals surface area contributed by atoms with Crippen LogP contribution in [0.25, 0.3) is 5.69 Å². The Morgan fingerprint density at radius 2 is 2.24 bits per heavy atom. The first kappa shape index (κ1) is 13.2. The number of hydrogen-bond donors (Lipinski definition) is 2. The standard InChI is InChI=1S/C14H11N5OS/c20-13(12-9-15-4-5-16-12)18-10-2-1-3-11(8-10)19-7-6-17-14(19)21/h1-9H,(H,17,21)(H,18,20). The molecule has 0 atom stereocenters. The van der Waals surface area contributed by atoms with Crippen LogP contribution in [0.2, 0.25) is 0 Å². The van der Waals surface area contributed by atoms with Crippen LogP contribution in [0.1, 0.15) is 10.5 Å². The molecule has 2 N–H and O–H groups in total. The van der Waals surface area contributed by atoms with Crippen LogP contribution >= 0.6 is 12.2 Å². The Morgan fingerprint density at radius 3 is 2.95 bits per heavy atom. The highest BCUT2D eigenvalue weighted by molar-refractivity contribution is 7.71. The molecule has 0 saturated carbocycles. The number of carbonyl (C=O) groups is 1. The third kappa shape index (κ3) is 2.87. The summed E-state index contributed by atoms with van der Waals surface area (Å²) in [7, 11) is 0. The van der Waals surface area contributed by atoms with E-state index in [2.05, 4.69) is 20.3 Å². The average Bonchev–Trinajstić information content (AvgIpc) is 2.94. The highest BCUT2D eigenvalue weighted by Crippen LogP contribution is 2.15. The molecule has 0 saturated heterocycles. The van der Waals surface area contributed by atoms with Gasteiger partial charge in [0, 0.05) is 36.2 Å². The first-order valence-electron chi connectivity index (χ1n) is 6.18. The van der Waals surface area contributed by atoms with Gasteiger partial charge in [0.2, 0.25) is 0 Å². The van der Waals surface area contributed by atoms with Gasteiger partial charge in [-0.2, -0.15) is 0 Å². The van der Waals surface area contributed by atoms with Crippen LogP contribution in [0.3, 0.4) is 0 Å². The number of carbonyl (C=O) groups excluding carboxylic acids is 1. The van der Waals surface area contributed by atoms with Crippen LogP contribution in [0.15, 0.2) is 55.2 Å². The fraction of sp³-hybridized carbons (Fsp3) is 0. The third-order valence-electron chi connectivity index (χ3n) is 2.83. The van der Waals surface area contributed by atoms with Crippen molar-refractivity contribution in [1.29, 1.82) is 0 Å². The summed E-state index contributed by atoms with van der Waals surface area (Å²) in [4.78, 5) is 22.8. The largest absolute Gasteiger partial charge is 0.337 e. The molecule has 0 fully saturated rings. The van der Waals surface area contributed by atoms with Gasteiger partial charge in [-0.25, -0.2) is 4.98 Å². The fourth-order valence-corrected chi connectivity index (χ4v) is 2.10. The molecule has 21 heavy (non-hydrogen) atoms. The molecule has 1 amide bonds. The second-order valence-corrected chi connectivity index (χ2v) is 4.62. The van der Waals surface area contributed by atoms with E-state index in [4.69, 9.17) is 12.2 Å². The van der Waals surface area contributed by atoms with Crippen LogP contribution in [0.5, 0.6) is 0 Å². The van der Waals surface area contributed by atoms with Crippen molar-refractivity contribution in [2.75, 3.05) is 5.32 Å². The number of nitrogens with zero attached hydrogens (tertiary/aromatic N) is 3. The maximum Gasteiger partial charge on any atom is 0.275 e. The Balaban J connectivity index is 1.86. The summed E-state index contributed by atoms with van der Waals surface area (Å²) in [5, 5.41) is 2.78. The average molecular weight is 297 g/mol. The number of imidazole rings is 1. The molecule has 0 spiro atoms. The molecular formula is C14H11N5OS. The second kappa shape index (κ2) is 5.68. The molecule has 104 valence electrons. The van der Waals surface area contributed by atoms with Gasteiger partial charge in [-0.1, -0.05) is 6.07 Å². The van der Waals surface area contributed by atoms with E-state index >= 15 is 0 Å². The normalized spacial score (nSPS) is 10.3. The van der Waals surface area contributed by atoms with Gasteiger partial charge in [0.05, 0.1) is 6.20 Å². The highest BCUT2D eigenvalue weighted by atomic mass is 32.1. The first-order chi connectivity index (χ1) is 10.2. The number of hydrogen-bond acceptors (Lipinski definition) is 4. The third-order valence-corrected chi connectivity index (χ3v) is 3.14. The van der Waals surface area contributed by atoms with E-state index in [0.29, 0.717) is 10.5 Å². The van der Waals surface area contributed by atoms with Crippen LogP contribution in [0, 0.1) is 4.77 Å². The van der Waals surface area contributed by atoms with E-state index in [1.807, 2.05) is 29.0 Å². The molecule has 2 heterocycles. The van der Waals surface area contributed by atoms with Crippen LogP contribution in [0.4, 0.5) is 5.69 Å². The number of aromatic amines is 1. The molecule has 1 aromatic carbocycles. The highest BCUT2D eigenvalue weighted by Gasteiger charge is 2.08. The summed E-state index contributed by atoms with van der Waals surface area (Å²) in [5.41, 5.74) is 1.78. The Morgan fingerprint density at radius 1 is 1.33 bits per heavy atom. The summed E-state index contributed by atoms with van der Waals surface area (Å²) in [5.74, 6) is -0.307. The molecule has 6 nitrogen and oxygen atoms in total. The van der Waals surface area contributed by atoms with Gasteiger partial charge in [0.1, 0.15) is 5.69 Å². The Kier molecular flexibility index (Phi) is 3.57. The topological polar surface area (TPSA) is 75.6 Å². The monoisotopic (exact) mass is 297 g/mol. The van der Waals surface area contributed by atoms with Crippen molar-refractivity contribution in [1.82, 2.24) is 19.5 Å². The SMILES string of the molecule is O=C(Nc1cccc(-n2cc[nH]c2=S)c1)c1cnccn1. The Bertz CT molecular complexity index is 824. The van der Waals surface area contributed by atoms with E-state index in [0.717, 1.165) is 5.69 Å². The van der Waals surface area contributed by atoms with Gasteiger partial charge in [0.15, 0.2) is 4.77 Å². The maximum absolute atomic E-state index is 12.0. The molecule has 7 heteroatoms. The number of H-pyrrole nitrogens is 1. The van der Waals surface area contributed by atoms with E-state index in [-0.39, 0.29) is 11.6 Å². The van der Waals surface area contributed by atoms with Gasteiger partial charge in [-0.05, 0) is 30.4 Å². The Labute approximate surface area is 125 Å². The minimum absolute atomic E-state index is 0.265. The molecule has 0 bridgehead atoms. The number of benzene rings is 1. The number of nitrogens with one attached hydrogen (secondary N) is 2. The van der Waals surface area contributed by atoms with Crippen molar-refractivity contribution in [3.63, 3.8) is 0 Å². The first-order valence-corrected chi connectivity index (χ1v) is 6.59. The minimum atomic E-state index is -0.307. The van der Waals surface area contributed by atoms with E-state index in [9.17, 15) is 4.79 Å². The maximum atomic E-state index is 12.0. The van der Waals surface area contributed by atoms with Gasteiger partial charge >= 0.3 is 0 Å². The van der Waals surface area contributed by atoms with Crippen molar-refractivity contribution in [3.8, 4) is 5.69 Å². The molecule has 0 radical (unpaired) electrons. The van der Waals surface area contributed by atoms with Crippen LogP contribution in [-0.4, -0.2) is 25.4 Å². The van der Waals surface area contributed by atoms with Gasteiger partial charge in [-0.3, -0.25) is 14.3 Å². The number of aromatic nitrogens is 4. The van der Waals surface area contributed by atoms with Gasteiger partial charge in [0.25, 0.3) is 5.91 Å². The van der Waals surface area contributed by atoms with E-state index < -0.39 is 0 Å². The van der Waals surface area contributed by atoms with Crippen molar-refractivity contribution in [2.45, 2.75) is 0 Å². The van der Waals surface area contributed by atoms with Crippen molar-refractivity contribution in [2.24, 2.45) is 0 Å². The summed E-state index contributed by atoms with van der Waals surface area (Å²) < 4.78 is 2.40. The molecule has 3 aromatic rings. The molecule has 0 aliphatic heterocycles. The molecule has 3 rings (SSSR count). The zero-order valence-electron chi connectivity index (χ0n) is 10.9. The predicted molar refractivity (Wildman–Crippen MR) is 80.9 cm³/mol. The lowest BCUT2D eigenvalue weighted by molar-refractivity contribution is 0.102. The van der Waals surface area contributed by atoms with Crippen LogP contribution < -0.4 is 5.32 Å². The number of rotatable bonds is 3. The smallest absolute Gasteiger partial charge is 0.275 e. The lowest BCUT2D eigenvalue weighted by Crippen LogP contribution is -2.13. The zero-order chi connectivity index (χ0) is 14.7. The number of anilines is 1. The van der Waals surface area contributed by atoms with Crippen molar-refractivity contribution >= 4 is 23.8 Å². The lowest BCUT2D eigenvalue weighted by atomic mass is 10.2. The summed E-state index contributed by atoms with van der Waals surface area (Å²) in [6, 6.07) is 7.38. The minimum Gasteiger partial charge on any atom is -0.337 e. The number of amides is 1. The predicted octanol–water partition coefficient (Wildman–Crippen LogP) is 2.58.